The van der Waals surface area contributed by atoms with Gasteiger partial charge in [-0.1, -0.05) is 42.5 Å². The van der Waals surface area contributed by atoms with Crippen LogP contribution in [0.25, 0.3) is 0 Å². The predicted octanol–water partition coefficient (Wildman–Crippen LogP) is 3.91. The topological polar surface area (TPSA) is 54.8 Å². The van der Waals surface area contributed by atoms with Crippen molar-refractivity contribution < 1.29 is 14.3 Å². The molecule has 172 valence electrons. The van der Waals surface area contributed by atoms with Gasteiger partial charge >= 0.3 is 0 Å². The van der Waals surface area contributed by atoms with Crippen LogP contribution in [-0.4, -0.2) is 52.4 Å². The molecule has 0 N–H and O–H groups in total. The van der Waals surface area contributed by atoms with Crippen molar-refractivity contribution in [3.63, 3.8) is 0 Å². The van der Waals surface area contributed by atoms with Crippen molar-refractivity contribution >= 4 is 11.8 Å². The Hall–Kier alpha value is -3.54. The molecule has 2 aromatic carbocycles. The summed E-state index contributed by atoms with van der Waals surface area (Å²) in [5, 5.41) is 0. The van der Waals surface area contributed by atoms with Crippen molar-refractivity contribution in [2.24, 2.45) is 0 Å². The molecular formula is C27H31N3O3. The van der Waals surface area contributed by atoms with Crippen molar-refractivity contribution in [3.8, 4) is 5.75 Å². The number of ether oxygens (including phenoxy) is 1. The van der Waals surface area contributed by atoms with E-state index in [2.05, 4.69) is 10.6 Å². The monoisotopic (exact) mass is 445 g/mol. The number of rotatable bonds is 7. The predicted molar refractivity (Wildman–Crippen MR) is 128 cm³/mol. The zero-order valence-electron chi connectivity index (χ0n) is 19.5. The fourth-order valence-electron chi connectivity index (χ4n) is 4.48. The van der Waals surface area contributed by atoms with Crippen LogP contribution < -0.4 is 4.74 Å². The highest BCUT2D eigenvalue weighted by Gasteiger charge is 2.34. The van der Waals surface area contributed by atoms with Crippen LogP contribution in [0.15, 0.2) is 72.9 Å². The van der Waals surface area contributed by atoms with Crippen molar-refractivity contribution in [3.05, 3.63) is 89.7 Å². The van der Waals surface area contributed by atoms with Crippen molar-refractivity contribution in [1.82, 2.24) is 14.4 Å². The highest BCUT2D eigenvalue weighted by Crippen LogP contribution is 2.34. The minimum Gasteiger partial charge on any atom is -0.497 e. The van der Waals surface area contributed by atoms with E-state index in [1.54, 1.807) is 12.0 Å². The van der Waals surface area contributed by atoms with Crippen LogP contribution in [0.5, 0.6) is 5.75 Å². The van der Waals surface area contributed by atoms with Crippen LogP contribution in [0, 0.1) is 0 Å². The Bertz CT molecular complexity index is 1110. The lowest BCUT2D eigenvalue weighted by atomic mass is 9.99. The quantitative estimate of drug-likeness (QED) is 0.554. The fourth-order valence-corrected chi connectivity index (χ4v) is 4.48. The van der Waals surface area contributed by atoms with Gasteiger partial charge in [0, 0.05) is 31.0 Å². The molecule has 2 amide bonds. The lowest BCUT2D eigenvalue weighted by molar-refractivity contribution is -0.143. The van der Waals surface area contributed by atoms with Gasteiger partial charge < -0.3 is 19.1 Å². The van der Waals surface area contributed by atoms with E-state index in [9.17, 15) is 9.59 Å². The lowest BCUT2D eigenvalue weighted by Crippen LogP contribution is -2.49. The molecule has 1 atom stereocenters. The summed E-state index contributed by atoms with van der Waals surface area (Å²) in [5.41, 5.74) is 3.01. The van der Waals surface area contributed by atoms with Gasteiger partial charge in [-0.15, -0.1) is 0 Å². The van der Waals surface area contributed by atoms with Crippen LogP contribution in [0.1, 0.15) is 36.7 Å². The second-order valence-corrected chi connectivity index (χ2v) is 8.67. The molecule has 2 heterocycles. The minimum absolute atomic E-state index is 0.0390. The molecule has 6 heteroatoms. The Morgan fingerprint density at radius 1 is 1.03 bits per heavy atom. The molecule has 1 aromatic heterocycles. The molecule has 0 bridgehead atoms. The summed E-state index contributed by atoms with van der Waals surface area (Å²) in [7, 11) is 1.64. The van der Waals surface area contributed by atoms with Gasteiger partial charge in [0.05, 0.1) is 19.6 Å². The van der Waals surface area contributed by atoms with Crippen LogP contribution in [0.3, 0.4) is 0 Å². The maximum Gasteiger partial charge on any atom is 0.243 e. The Kier molecular flexibility index (Phi) is 6.82. The summed E-state index contributed by atoms with van der Waals surface area (Å²) in [6.07, 6.45) is 2.34. The van der Waals surface area contributed by atoms with E-state index in [1.165, 1.54) is 0 Å². The molecule has 3 aromatic rings. The molecule has 0 saturated heterocycles. The summed E-state index contributed by atoms with van der Waals surface area (Å²) < 4.78 is 7.62. The van der Waals surface area contributed by atoms with E-state index in [1.807, 2.05) is 85.6 Å². The number of nitrogens with zero attached hydrogens (tertiary/aromatic N) is 3. The number of hydrogen-bond donors (Lipinski definition) is 0. The van der Waals surface area contributed by atoms with Gasteiger partial charge in [-0.25, -0.2) is 0 Å². The molecule has 0 aliphatic carbocycles. The van der Waals surface area contributed by atoms with E-state index in [0.717, 1.165) is 29.1 Å². The van der Waals surface area contributed by atoms with Crippen molar-refractivity contribution in [2.45, 2.75) is 38.9 Å². The van der Waals surface area contributed by atoms with E-state index in [0.29, 0.717) is 6.54 Å². The van der Waals surface area contributed by atoms with E-state index in [-0.39, 0.29) is 36.9 Å². The molecule has 6 nitrogen and oxygen atoms in total. The Labute approximate surface area is 195 Å². The first-order valence-electron chi connectivity index (χ1n) is 11.4. The third-order valence-electron chi connectivity index (χ3n) is 6.22. The fraction of sp³-hybridized carbons (Fsp3) is 0.333. The molecule has 0 radical (unpaired) electrons. The Morgan fingerprint density at radius 3 is 2.55 bits per heavy atom. The van der Waals surface area contributed by atoms with Crippen molar-refractivity contribution in [1.29, 1.82) is 0 Å². The highest BCUT2D eigenvalue weighted by molar-refractivity contribution is 5.86. The second kappa shape index (κ2) is 9.94. The molecule has 1 aliphatic rings. The average molecular weight is 446 g/mol. The third-order valence-corrected chi connectivity index (χ3v) is 6.22. The standard InChI is InChI=1S/C27H31N3O3/c1-20(2)30(25(31)17-21-9-5-4-6-10-21)19-26(32)29-16-15-28-14-8-13-24(28)27(29)22-11-7-12-23(18-22)33-3/h4-14,18,20,27H,15-17,19H2,1-3H3. The molecule has 0 saturated carbocycles. The third kappa shape index (κ3) is 4.95. The Balaban J connectivity index is 1.59. The number of benzene rings is 2. The molecule has 0 spiro atoms. The molecule has 1 aliphatic heterocycles. The van der Waals surface area contributed by atoms with Gasteiger partial charge in [0.2, 0.25) is 11.8 Å². The Morgan fingerprint density at radius 2 is 1.82 bits per heavy atom. The number of amides is 2. The first-order valence-corrected chi connectivity index (χ1v) is 11.4. The summed E-state index contributed by atoms with van der Waals surface area (Å²) >= 11 is 0. The van der Waals surface area contributed by atoms with E-state index in [4.69, 9.17) is 4.74 Å². The molecule has 4 rings (SSSR count). The van der Waals surface area contributed by atoms with Crippen LogP contribution in [0.2, 0.25) is 0 Å². The molecule has 0 fully saturated rings. The normalized spacial score (nSPS) is 15.3. The zero-order valence-corrected chi connectivity index (χ0v) is 19.5. The summed E-state index contributed by atoms with van der Waals surface area (Å²) in [6.45, 7) is 5.29. The highest BCUT2D eigenvalue weighted by atomic mass is 16.5. The number of carbonyl (C=O) groups is 2. The van der Waals surface area contributed by atoms with E-state index < -0.39 is 0 Å². The summed E-state index contributed by atoms with van der Waals surface area (Å²) in [6, 6.07) is 21.3. The first kappa shape index (κ1) is 22.6. The summed E-state index contributed by atoms with van der Waals surface area (Å²) in [4.78, 5) is 30.3. The number of fused-ring (bicyclic) bond motifs is 1. The largest absolute Gasteiger partial charge is 0.497 e. The first-order chi connectivity index (χ1) is 16.0. The van der Waals surface area contributed by atoms with Gasteiger partial charge in [0.1, 0.15) is 12.3 Å². The van der Waals surface area contributed by atoms with Gasteiger partial charge in [-0.2, -0.15) is 0 Å². The molecule has 33 heavy (non-hydrogen) atoms. The minimum atomic E-state index is -0.227. The molecular weight excluding hydrogens is 414 g/mol. The SMILES string of the molecule is COc1cccc(C2c3cccn3CCN2C(=O)CN(C(=O)Cc2ccccc2)C(C)C)c1. The van der Waals surface area contributed by atoms with Gasteiger partial charge in [-0.05, 0) is 49.2 Å². The van der Waals surface area contributed by atoms with Crippen molar-refractivity contribution in [2.75, 3.05) is 20.2 Å². The average Bonchev–Trinajstić information content (AvgIpc) is 3.31. The number of methoxy groups -OCH3 is 1. The smallest absolute Gasteiger partial charge is 0.243 e. The number of hydrogen-bond acceptors (Lipinski definition) is 3. The maximum atomic E-state index is 13.6. The van der Waals surface area contributed by atoms with Gasteiger partial charge in [-0.3, -0.25) is 9.59 Å². The van der Waals surface area contributed by atoms with Gasteiger partial charge in [0.25, 0.3) is 0 Å². The van der Waals surface area contributed by atoms with Gasteiger partial charge in [0.15, 0.2) is 0 Å². The zero-order chi connectivity index (χ0) is 23.4. The van der Waals surface area contributed by atoms with Crippen LogP contribution >= 0.6 is 0 Å². The van der Waals surface area contributed by atoms with Crippen LogP contribution in [0.4, 0.5) is 0 Å². The number of aromatic nitrogens is 1. The van der Waals surface area contributed by atoms with E-state index >= 15 is 0 Å². The lowest BCUT2D eigenvalue weighted by Gasteiger charge is -2.39. The van der Waals surface area contributed by atoms with Crippen LogP contribution in [-0.2, 0) is 22.6 Å². The second-order valence-electron chi connectivity index (χ2n) is 8.67. The molecule has 1 unspecified atom stereocenters. The summed E-state index contributed by atoms with van der Waals surface area (Å²) in [5.74, 6) is 0.665. The maximum absolute atomic E-state index is 13.6. The number of carbonyl (C=O) groups excluding carboxylic acids is 2.